The van der Waals surface area contributed by atoms with Gasteiger partial charge in [0, 0.05) is 30.7 Å². The highest BCUT2D eigenvalue weighted by atomic mass is 35.5. The predicted octanol–water partition coefficient (Wildman–Crippen LogP) is 3.79. The minimum absolute atomic E-state index is 0.0831. The van der Waals surface area contributed by atoms with Crippen molar-refractivity contribution in [1.82, 2.24) is 9.80 Å². The van der Waals surface area contributed by atoms with Gasteiger partial charge in [0.1, 0.15) is 0 Å². The van der Waals surface area contributed by atoms with Crippen LogP contribution in [0.25, 0.3) is 0 Å². The molecule has 1 atom stereocenters. The van der Waals surface area contributed by atoms with E-state index in [-0.39, 0.29) is 5.50 Å². The van der Waals surface area contributed by atoms with Crippen LogP contribution in [0, 0.1) is 0 Å². The van der Waals surface area contributed by atoms with E-state index in [4.69, 9.17) is 11.6 Å². The maximum Gasteiger partial charge on any atom is 0.0983 e. The Morgan fingerprint density at radius 3 is 1.29 bits per heavy atom. The molecule has 0 amide bonds. The molecular formula is C14H31ClN2. The number of hydrogen-bond donors (Lipinski definition) is 0. The summed E-state index contributed by atoms with van der Waals surface area (Å²) in [6, 6.07) is 2.05. The van der Waals surface area contributed by atoms with Gasteiger partial charge >= 0.3 is 0 Å². The number of hydrogen-bond acceptors (Lipinski definition) is 2. The first-order valence-electron chi connectivity index (χ1n) is 6.85. The molecule has 0 fully saturated rings. The van der Waals surface area contributed by atoms with Crippen molar-refractivity contribution in [1.29, 1.82) is 0 Å². The van der Waals surface area contributed by atoms with E-state index < -0.39 is 0 Å². The molecule has 104 valence electrons. The molecule has 0 spiro atoms. The van der Waals surface area contributed by atoms with Crippen LogP contribution in [0.4, 0.5) is 0 Å². The van der Waals surface area contributed by atoms with Gasteiger partial charge in [-0.05, 0) is 55.4 Å². The molecule has 0 aliphatic carbocycles. The number of nitrogens with zero attached hydrogens (tertiary/aromatic N) is 2. The van der Waals surface area contributed by atoms with Gasteiger partial charge in [0.05, 0.1) is 5.50 Å². The molecule has 0 rings (SSSR count). The van der Waals surface area contributed by atoms with Crippen molar-refractivity contribution in [2.45, 2.75) is 85.1 Å². The van der Waals surface area contributed by atoms with E-state index in [1.165, 1.54) is 0 Å². The first-order chi connectivity index (χ1) is 7.68. The van der Waals surface area contributed by atoms with Gasteiger partial charge in [0.2, 0.25) is 0 Å². The number of rotatable bonds is 7. The molecule has 0 N–H and O–H groups in total. The van der Waals surface area contributed by atoms with Gasteiger partial charge < -0.3 is 0 Å². The first-order valence-corrected chi connectivity index (χ1v) is 7.29. The molecule has 3 heteroatoms. The molecule has 0 aromatic rings. The molecule has 1 unspecified atom stereocenters. The highest BCUT2D eigenvalue weighted by Gasteiger charge is 2.25. The van der Waals surface area contributed by atoms with Crippen LogP contribution >= 0.6 is 11.6 Å². The van der Waals surface area contributed by atoms with Crippen molar-refractivity contribution < 1.29 is 0 Å². The second kappa shape index (κ2) is 7.60. The van der Waals surface area contributed by atoms with E-state index in [1.54, 1.807) is 0 Å². The lowest BCUT2D eigenvalue weighted by Crippen LogP contribution is -2.50. The molecule has 0 radical (unpaired) electrons. The smallest absolute Gasteiger partial charge is 0.0983 e. The summed E-state index contributed by atoms with van der Waals surface area (Å²) in [7, 11) is 0. The van der Waals surface area contributed by atoms with E-state index in [1.807, 2.05) is 0 Å². The van der Waals surface area contributed by atoms with E-state index in [0.717, 1.165) is 6.54 Å². The molecule has 0 aromatic carbocycles. The topological polar surface area (TPSA) is 6.48 Å². The Hall–Kier alpha value is 0.210. The third-order valence-corrected chi connectivity index (χ3v) is 3.57. The highest BCUT2D eigenvalue weighted by molar-refractivity contribution is 6.20. The molecule has 0 heterocycles. The lowest BCUT2D eigenvalue weighted by Gasteiger charge is -2.39. The number of halogens is 1. The molecule has 0 aliphatic heterocycles. The molecule has 0 bridgehead atoms. The van der Waals surface area contributed by atoms with Gasteiger partial charge in [-0.25, -0.2) is 0 Å². The third kappa shape index (κ3) is 5.58. The minimum atomic E-state index is 0.0831. The van der Waals surface area contributed by atoms with Crippen molar-refractivity contribution in [3.63, 3.8) is 0 Å². The van der Waals surface area contributed by atoms with E-state index in [9.17, 15) is 0 Å². The zero-order chi connectivity index (χ0) is 13.7. The van der Waals surface area contributed by atoms with Gasteiger partial charge in [0.15, 0.2) is 0 Å². The molecule has 0 aliphatic rings. The zero-order valence-corrected chi connectivity index (χ0v) is 13.6. The van der Waals surface area contributed by atoms with Gasteiger partial charge in [0.25, 0.3) is 0 Å². The summed E-state index contributed by atoms with van der Waals surface area (Å²) in [6.07, 6.45) is 0. The van der Waals surface area contributed by atoms with E-state index >= 15 is 0 Å². The quantitative estimate of drug-likeness (QED) is 0.509. The Balaban J connectivity index is 4.62. The van der Waals surface area contributed by atoms with Crippen LogP contribution in [0.2, 0.25) is 0 Å². The average Bonchev–Trinajstić information content (AvgIpc) is 2.11. The van der Waals surface area contributed by atoms with Crippen LogP contribution < -0.4 is 0 Å². The Bertz CT molecular complexity index is 186. The molecule has 0 aromatic heterocycles. The fraction of sp³-hybridized carbons (Fsp3) is 1.00. The van der Waals surface area contributed by atoms with Crippen molar-refractivity contribution in [3.05, 3.63) is 0 Å². The fourth-order valence-electron chi connectivity index (χ4n) is 2.53. The van der Waals surface area contributed by atoms with Crippen LogP contribution in [0.15, 0.2) is 0 Å². The Morgan fingerprint density at radius 2 is 1.06 bits per heavy atom. The van der Waals surface area contributed by atoms with Crippen molar-refractivity contribution >= 4 is 11.6 Å². The lowest BCUT2D eigenvalue weighted by atomic mass is 10.2. The molecule has 0 saturated carbocycles. The highest BCUT2D eigenvalue weighted by Crippen LogP contribution is 2.17. The third-order valence-electron chi connectivity index (χ3n) is 3.20. The van der Waals surface area contributed by atoms with Crippen LogP contribution in [-0.2, 0) is 0 Å². The molecule has 2 nitrogen and oxygen atoms in total. The zero-order valence-electron chi connectivity index (χ0n) is 12.9. The van der Waals surface area contributed by atoms with Gasteiger partial charge in [-0.1, -0.05) is 0 Å². The van der Waals surface area contributed by atoms with Crippen molar-refractivity contribution in [2.75, 3.05) is 6.54 Å². The van der Waals surface area contributed by atoms with Crippen LogP contribution in [0.3, 0.4) is 0 Å². The first kappa shape index (κ1) is 17.2. The van der Waals surface area contributed by atoms with Crippen LogP contribution in [0.5, 0.6) is 0 Å². The van der Waals surface area contributed by atoms with Gasteiger partial charge in [-0.3, -0.25) is 9.80 Å². The van der Waals surface area contributed by atoms with Gasteiger partial charge in [-0.15, -0.1) is 11.6 Å². The molecule has 17 heavy (non-hydrogen) atoms. The SMILES string of the molecule is CC(C)N(CC(Cl)N(C(C)C)C(C)C)C(C)C. The second-order valence-electron chi connectivity index (χ2n) is 5.95. The van der Waals surface area contributed by atoms with Crippen LogP contribution in [0.1, 0.15) is 55.4 Å². The second-order valence-corrected chi connectivity index (χ2v) is 6.46. The number of alkyl halides is 1. The summed E-state index contributed by atoms with van der Waals surface area (Å²) in [5.74, 6) is 0. The van der Waals surface area contributed by atoms with E-state index in [2.05, 4.69) is 65.2 Å². The molecular weight excluding hydrogens is 232 g/mol. The standard InChI is InChI=1S/C14H31ClN2/c1-10(2)16(11(3)4)9-14(15)17(12(5)6)13(7)8/h10-14H,9H2,1-8H3. The lowest BCUT2D eigenvalue weighted by molar-refractivity contribution is 0.0933. The predicted molar refractivity (Wildman–Crippen MR) is 78.7 cm³/mol. The summed E-state index contributed by atoms with van der Waals surface area (Å²) in [5, 5.41) is 0. The van der Waals surface area contributed by atoms with Crippen molar-refractivity contribution in [3.8, 4) is 0 Å². The Morgan fingerprint density at radius 1 is 0.706 bits per heavy atom. The molecule has 0 saturated heterocycles. The summed E-state index contributed by atoms with van der Waals surface area (Å²) in [6.45, 7) is 18.7. The normalized spacial score (nSPS) is 15.0. The summed E-state index contributed by atoms with van der Waals surface area (Å²) < 4.78 is 0. The van der Waals surface area contributed by atoms with E-state index in [0.29, 0.717) is 24.2 Å². The van der Waals surface area contributed by atoms with Gasteiger partial charge in [-0.2, -0.15) is 0 Å². The maximum absolute atomic E-state index is 6.60. The Kier molecular flexibility index (Phi) is 7.70. The summed E-state index contributed by atoms with van der Waals surface area (Å²) in [4.78, 5) is 4.83. The van der Waals surface area contributed by atoms with Crippen molar-refractivity contribution in [2.24, 2.45) is 0 Å². The summed E-state index contributed by atoms with van der Waals surface area (Å²) in [5.41, 5.74) is 0.0831. The average molecular weight is 263 g/mol. The maximum atomic E-state index is 6.60. The largest absolute Gasteiger partial charge is 0.296 e. The fourth-order valence-corrected chi connectivity index (χ4v) is 3.14. The summed E-state index contributed by atoms with van der Waals surface area (Å²) >= 11 is 6.60. The van der Waals surface area contributed by atoms with Crippen LogP contribution in [-0.4, -0.2) is 46.0 Å². The Labute approximate surface area is 113 Å². The monoisotopic (exact) mass is 262 g/mol. The minimum Gasteiger partial charge on any atom is -0.296 e.